The van der Waals surface area contributed by atoms with Gasteiger partial charge >= 0.3 is 11.7 Å². The summed E-state index contributed by atoms with van der Waals surface area (Å²) in [6.45, 7) is 3.86. The van der Waals surface area contributed by atoms with Crippen molar-refractivity contribution in [1.82, 2.24) is 14.9 Å². The van der Waals surface area contributed by atoms with Gasteiger partial charge in [-0.3, -0.25) is 24.8 Å². The maximum absolute atomic E-state index is 12.5. The highest BCUT2D eigenvalue weighted by molar-refractivity contribution is 7.71. The average Bonchev–Trinajstić information content (AvgIpc) is 2.68. The number of rotatable bonds is 10. The van der Waals surface area contributed by atoms with Crippen molar-refractivity contribution in [2.75, 3.05) is 13.2 Å². The second-order valence-corrected chi connectivity index (χ2v) is 6.11. The van der Waals surface area contributed by atoms with E-state index >= 15 is 0 Å². The largest absolute Gasteiger partial charge is 0.490 e. The lowest BCUT2D eigenvalue weighted by atomic mass is 10.2. The number of nitro groups is 1. The lowest BCUT2D eigenvalue weighted by Gasteiger charge is -2.11. The van der Waals surface area contributed by atoms with Gasteiger partial charge in [0.05, 0.1) is 30.8 Å². The molecular weight excluding hydrogens is 418 g/mol. The highest BCUT2D eigenvalue weighted by atomic mass is 32.1. The number of hydrogen-bond donors (Lipinski definition) is 2. The maximum atomic E-state index is 12.5. The summed E-state index contributed by atoms with van der Waals surface area (Å²) in [7, 11) is 0. The van der Waals surface area contributed by atoms with Crippen molar-refractivity contribution < 1.29 is 24.3 Å². The third kappa shape index (κ3) is 5.47. The van der Waals surface area contributed by atoms with Crippen LogP contribution in [0.2, 0.25) is 0 Å². The van der Waals surface area contributed by atoms with Gasteiger partial charge in [-0.15, -0.1) is 0 Å². The molecule has 0 spiro atoms. The van der Waals surface area contributed by atoms with Gasteiger partial charge in [0.2, 0.25) is 10.5 Å². The Labute approximate surface area is 174 Å². The molecule has 2 N–H and O–H groups in total. The first-order valence-corrected chi connectivity index (χ1v) is 9.24. The third-order valence-corrected chi connectivity index (χ3v) is 3.92. The zero-order valence-electron chi connectivity index (χ0n) is 16.2. The van der Waals surface area contributed by atoms with Gasteiger partial charge in [0.1, 0.15) is 5.69 Å². The van der Waals surface area contributed by atoms with E-state index in [2.05, 4.69) is 15.3 Å². The molecule has 13 heteroatoms. The van der Waals surface area contributed by atoms with Crippen LogP contribution in [0.1, 0.15) is 31.5 Å². The molecule has 30 heavy (non-hydrogen) atoms. The molecule has 0 radical (unpaired) electrons. The molecule has 0 unspecified atom stereocenters. The van der Waals surface area contributed by atoms with Crippen molar-refractivity contribution in [3.63, 3.8) is 0 Å². The fraction of sp³-hybridized carbons (Fsp3) is 0.353. The fourth-order valence-electron chi connectivity index (χ4n) is 2.41. The summed E-state index contributed by atoms with van der Waals surface area (Å²) in [5, 5.41) is 30.4. The number of carbonyl (C=O) groups is 1. The van der Waals surface area contributed by atoms with Crippen molar-refractivity contribution in [1.29, 1.82) is 0 Å². The molecule has 0 saturated carbocycles. The number of carboxylic acid groups (broad SMARTS) is 1. The van der Waals surface area contributed by atoms with Crippen LogP contribution in [0.25, 0.3) is 0 Å². The standard InChI is InChI=1S/C17H19N5O7S/c1-3-28-13-8-10(7-12(22(26)27)15(13)29-4-2)9-18-21-16(25)11(5-6-14(23)24)19-20-17(21)30/h7-9H,3-6H2,1-2H3,(H,20,30)(H,23,24)/b18-9-. The van der Waals surface area contributed by atoms with Crippen LogP contribution in [0.5, 0.6) is 11.5 Å². The van der Waals surface area contributed by atoms with Crippen molar-refractivity contribution in [3.05, 3.63) is 48.6 Å². The number of nitro benzene ring substituents is 1. The normalized spacial score (nSPS) is 10.9. The number of benzene rings is 1. The van der Waals surface area contributed by atoms with E-state index < -0.39 is 16.5 Å². The molecule has 0 amide bonds. The lowest BCUT2D eigenvalue weighted by Crippen LogP contribution is -2.25. The molecule has 2 aromatic rings. The van der Waals surface area contributed by atoms with E-state index in [1.54, 1.807) is 13.8 Å². The SMILES string of the molecule is CCOc1cc(/C=N\n2c(=S)[nH]nc(CCC(=O)O)c2=O)cc([N+](=O)[O-])c1OCC. The number of aryl methyl sites for hydroxylation is 1. The minimum atomic E-state index is -1.08. The van der Waals surface area contributed by atoms with Crippen LogP contribution >= 0.6 is 12.2 Å². The molecule has 2 rings (SSSR count). The predicted octanol–water partition coefficient (Wildman–Crippen LogP) is 1.91. The van der Waals surface area contributed by atoms with Crippen LogP contribution in [0.4, 0.5) is 5.69 Å². The van der Waals surface area contributed by atoms with Gasteiger partial charge in [0, 0.05) is 18.1 Å². The van der Waals surface area contributed by atoms with E-state index in [4.69, 9.17) is 26.8 Å². The number of carboxylic acids is 1. The number of aliphatic carboxylic acids is 1. The highest BCUT2D eigenvalue weighted by Gasteiger charge is 2.22. The number of hydrogen-bond acceptors (Lipinski definition) is 9. The smallest absolute Gasteiger partial charge is 0.315 e. The average molecular weight is 437 g/mol. The zero-order chi connectivity index (χ0) is 22.3. The van der Waals surface area contributed by atoms with E-state index in [-0.39, 0.29) is 59.3 Å². The Kier molecular flexibility index (Phi) is 7.75. The van der Waals surface area contributed by atoms with E-state index in [0.717, 1.165) is 4.68 Å². The molecule has 0 saturated heterocycles. The van der Waals surface area contributed by atoms with Crippen molar-refractivity contribution >= 4 is 30.1 Å². The van der Waals surface area contributed by atoms with Gasteiger partial charge in [0.15, 0.2) is 5.75 Å². The molecule has 0 aliphatic heterocycles. The summed E-state index contributed by atoms with van der Waals surface area (Å²) in [5.41, 5.74) is -0.810. The van der Waals surface area contributed by atoms with E-state index in [0.29, 0.717) is 0 Å². The van der Waals surface area contributed by atoms with E-state index in [1.165, 1.54) is 18.3 Å². The van der Waals surface area contributed by atoms with Crippen molar-refractivity contribution in [2.45, 2.75) is 26.7 Å². The number of aromatic amines is 1. The third-order valence-electron chi connectivity index (χ3n) is 3.66. The Morgan fingerprint density at radius 1 is 1.40 bits per heavy atom. The summed E-state index contributed by atoms with van der Waals surface area (Å²) in [4.78, 5) is 34.0. The Morgan fingerprint density at radius 2 is 2.10 bits per heavy atom. The fourth-order valence-corrected chi connectivity index (χ4v) is 2.59. The monoisotopic (exact) mass is 437 g/mol. The molecule has 0 fully saturated rings. The maximum Gasteiger partial charge on any atom is 0.315 e. The van der Waals surface area contributed by atoms with Crippen LogP contribution < -0.4 is 15.0 Å². The van der Waals surface area contributed by atoms with Crippen molar-refractivity contribution in [2.24, 2.45) is 5.10 Å². The molecule has 1 heterocycles. The summed E-state index contributed by atoms with van der Waals surface area (Å²) in [6, 6.07) is 2.71. The van der Waals surface area contributed by atoms with E-state index in [9.17, 15) is 19.7 Å². The Bertz CT molecular complexity index is 1090. The molecular formula is C17H19N5O7S. The first-order valence-electron chi connectivity index (χ1n) is 8.83. The van der Waals surface area contributed by atoms with Gasteiger partial charge in [-0.25, -0.2) is 0 Å². The summed E-state index contributed by atoms with van der Waals surface area (Å²) >= 11 is 5.00. The molecule has 0 aliphatic rings. The summed E-state index contributed by atoms with van der Waals surface area (Å²) < 4.78 is 11.5. The van der Waals surface area contributed by atoms with Gasteiger partial charge in [-0.1, -0.05) is 0 Å². The van der Waals surface area contributed by atoms with Gasteiger partial charge < -0.3 is 14.6 Å². The summed E-state index contributed by atoms with van der Waals surface area (Å²) in [5.74, 6) is -0.931. The van der Waals surface area contributed by atoms with Crippen LogP contribution in [0.3, 0.4) is 0 Å². The molecule has 1 aromatic carbocycles. The number of H-pyrrole nitrogens is 1. The van der Waals surface area contributed by atoms with Gasteiger partial charge in [-0.05, 0) is 32.1 Å². The highest BCUT2D eigenvalue weighted by Crippen LogP contribution is 2.38. The minimum absolute atomic E-state index is 0.00386. The Morgan fingerprint density at radius 3 is 2.70 bits per heavy atom. The zero-order valence-corrected chi connectivity index (χ0v) is 17.0. The molecule has 1 aromatic heterocycles. The van der Waals surface area contributed by atoms with E-state index in [1.807, 2.05) is 0 Å². The van der Waals surface area contributed by atoms with Crippen LogP contribution in [-0.2, 0) is 11.2 Å². The molecule has 0 bridgehead atoms. The molecule has 0 atom stereocenters. The van der Waals surface area contributed by atoms with Crippen molar-refractivity contribution in [3.8, 4) is 11.5 Å². The second-order valence-electron chi connectivity index (χ2n) is 5.72. The van der Waals surface area contributed by atoms with Gasteiger partial charge in [-0.2, -0.15) is 14.9 Å². The second kappa shape index (κ2) is 10.2. The van der Waals surface area contributed by atoms with Crippen LogP contribution in [0, 0.1) is 14.9 Å². The quantitative estimate of drug-likeness (QED) is 0.245. The molecule has 12 nitrogen and oxygen atoms in total. The summed E-state index contributed by atoms with van der Waals surface area (Å²) in [6.07, 6.45) is 0.787. The molecule has 160 valence electrons. The van der Waals surface area contributed by atoms with Gasteiger partial charge in [0.25, 0.3) is 5.56 Å². The number of ether oxygens (including phenoxy) is 2. The topological polar surface area (TPSA) is 162 Å². The Hall–Kier alpha value is -3.61. The Balaban J connectivity index is 2.50. The molecule has 0 aliphatic carbocycles. The lowest BCUT2D eigenvalue weighted by molar-refractivity contribution is -0.385. The number of nitrogens with zero attached hydrogens (tertiary/aromatic N) is 4. The van der Waals surface area contributed by atoms with Crippen LogP contribution in [0.15, 0.2) is 22.0 Å². The first-order chi connectivity index (χ1) is 14.3. The first kappa shape index (κ1) is 22.7. The number of nitrogens with one attached hydrogen (secondary N) is 1. The van der Waals surface area contributed by atoms with Crippen LogP contribution in [-0.4, -0.2) is 50.3 Å². The minimum Gasteiger partial charge on any atom is -0.490 e. The predicted molar refractivity (Wildman–Crippen MR) is 108 cm³/mol. The number of aromatic nitrogens is 3.